The predicted molar refractivity (Wildman–Crippen MR) is 64.5 cm³/mol. The summed E-state index contributed by atoms with van der Waals surface area (Å²) in [5.41, 5.74) is -0.294. The van der Waals surface area contributed by atoms with Gasteiger partial charge in [0.05, 0.1) is 5.56 Å². The van der Waals surface area contributed by atoms with Crippen molar-refractivity contribution in [2.45, 2.75) is 31.7 Å². The van der Waals surface area contributed by atoms with E-state index in [0.29, 0.717) is 13.0 Å². The second kappa shape index (κ2) is 6.06. The number of carbonyl (C=O) groups is 1. The molecule has 0 aliphatic heterocycles. The Bertz CT molecular complexity index is 464. The van der Waals surface area contributed by atoms with Crippen LogP contribution in [-0.4, -0.2) is 40.1 Å². The molecule has 2 rings (SSSR count). The molecule has 1 heterocycles. The molecule has 1 aromatic rings. The van der Waals surface area contributed by atoms with Gasteiger partial charge < -0.3 is 10.0 Å². The fourth-order valence-corrected chi connectivity index (χ4v) is 2.13. The quantitative estimate of drug-likeness (QED) is 0.829. The van der Waals surface area contributed by atoms with Gasteiger partial charge in [0.25, 0.3) is 5.91 Å². The van der Waals surface area contributed by atoms with Crippen LogP contribution in [0.1, 0.15) is 36.0 Å². The predicted octanol–water partition coefficient (Wildman–Crippen LogP) is 1.74. The van der Waals surface area contributed by atoms with E-state index >= 15 is 0 Å². The van der Waals surface area contributed by atoms with Crippen molar-refractivity contribution in [3.63, 3.8) is 0 Å². The van der Waals surface area contributed by atoms with Gasteiger partial charge in [-0.15, -0.1) is 0 Å². The summed E-state index contributed by atoms with van der Waals surface area (Å²) < 4.78 is 26.6. The third-order valence-corrected chi connectivity index (χ3v) is 3.41. The van der Waals surface area contributed by atoms with Crippen molar-refractivity contribution in [1.29, 1.82) is 0 Å². The lowest BCUT2D eigenvalue weighted by molar-refractivity contribution is 0.0556. The average Bonchev–Trinajstić information content (AvgIpc) is 2.34. The van der Waals surface area contributed by atoms with E-state index in [1.165, 1.54) is 11.0 Å². The van der Waals surface area contributed by atoms with Crippen LogP contribution in [0.3, 0.4) is 0 Å². The summed E-state index contributed by atoms with van der Waals surface area (Å²) in [6.45, 7) is 0.313. The Morgan fingerprint density at radius 2 is 2.21 bits per heavy atom. The van der Waals surface area contributed by atoms with Crippen LogP contribution < -0.4 is 0 Å². The Morgan fingerprint density at radius 3 is 2.79 bits per heavy atom. The molecule has 1 aliphatic carbocycles. The Labute approximate surface area is 110 Å². The maximum absolute atomic E-state index is 13.6. The molecule has 4 nitrogen and oxygen atoms in total. The number of aromatic nitrogens is 1. The van der Waals surface area contributed by atoms with E-state index in [4.69, 9.17) is 5.11 Å². The summed E-state index contributed by atoms with van der Waals surface area (Å²) in [6, 6.07) is 1.25. The number of halogens is 2. The number of aliphatic hydroxyl groups is 1. The first-order valence-electron chi connectivity index (χ1n) is 6.37. The molecular formula is C13H16F2N2O2. The minimum Gasteiger partial charge on any atom is -0.396 e. The van der Waals surface area contributed by atoms with Gasteiger partial charge in [-0.25, -0.2) is 9.37 Å². The van der Waals surface area contributed by atoms with Crippen LogP contribution in [0.4, 0.5) is 8.78 Å². The van der Waals surface area contributed by atoms with Crippen LogP contribution in [0, 0.1) is 11.8 Å². The van der Waals surface area contributed by atoms with Crippen LogP contribution in [0.15, 0.2) is 12.3 Å². The van der Waals surface area contributed by atoms with Crippen molar-refractivity contribution in [2.24, 2.45) is 0 Å². The Kier molecular flexibility index (Phi) is 4.42. The monoisotopic (exact) mass is 270 g/mol. The Morgan fingerprint density at radius 1 is 1.47 bits per heavy atom. The van der Waals surface area contributed by atoms with Gasteiger partial charge in [0.15, 0.2) is 5.82 Å². The number of amides is 1. The minimum atomic E-state index is -1.26. The molecule has 19 heavy (non-hydrogen) atoms. The topological polar surface area (TPSA) is 53.4 Å². The molecule has 1 aromatic heterocycles. The number of rotatable bonds is 5. The van der Waals surface area contributed by atoms with Crippen molar-refractivity contribution in [1.82, 2.24) is 9.88 Å². The van der Waals surface area contributed by atoms with Crippen molar-refractivity contribution in [2.75, 3.05) is 13.2 Å². The summed E-state index contributed by atoms with van der Waals surface area (Å²) in [6.07, 6.45) is 4.27. The molecule has 1 saturated carbocycles. The molecule has 1 fully saturated rings. The van der Waals surface area contributed by atoms with Gasteiger partial charge >= 0.3 is 0 Å². The third kappa shape index (κ3) is 2.89. The molecule has 0 unspecified atom stereocenters. The zero-order valence-electron chi connectivity index (χ0n) is 10.5. The molecule has 6 heteroatoms. The van der Waals surface area contributed by atoms with Gasteiger partial charge in [-0.2, -0.15) is 4.39 Å². The first kappa shape index (κ1) is 13.9. The number of carbonyl (C=O) groups excluding carboxylic acids is 1. The standard InChI is InChI=1S/C13H16F2N2O2/c14-11-10(5-6-16-12(11)15)13(19)17(7-2-8-18)9-3-1-4-9/h5-6,9,18H,1-4,7-8H2. The minimum absolute atomic E-state index is 0.0380. The second-order valence-electron chi connectivity index (χ2n) is 4.62. The lowest BCUT2D eigenvalue weighted by Gasteiger charge is -2.37. The van der Waals surface area contributed by atoms with Gasteiger partial charge in [-0.1, -0.05) is 0 Å². The van der Waals surface area contributed by atoms with Crippen molar-refractivity contribution in [3.05, 3.63) is 29.6 Å². The molecule has 0 bridgehead atoms. The van der Waals surface area contributed by atoms with E-state index < -0.39 is 17.7 Å². The molecule has 0 radical (unpaired) electrons. The van der Waals surface area contributed by atoms with Crippen LogP contribution in [0.2, 0.25) is 0 Å². The normalized spacial score (nSPS) is 15.1. The van der Waals surface area contributed by atoms with Crippen molar-refractivity contribution >= 4 is 5.91 Å². The highest BCUT2D eigenvalue weighted by molar-refractivity contribution is 5.94. The number of hydrogen-bond acceptors (Lipinski definition) is 3. The maximum Gasteiger partial charge on any atom is 0.257 e. The van der Waals surface area contributed by atoms with Crippen LogP contribution in [-0.2, 0) is 0 Å². The van der Waals surface area contributed by atoms with E-state index in [9.17, 15) is 13.6 Å². The highest BCUT2D eigenvalue weighted by Crippen LogP contribution is 2.27. The average molecular weight is 270 g/mol. The largest absolute Gasteiger partial charge is 0.396 e. The lowest BCUT2D eigenvalue weighted by atomic mass is 9.91. The molecular weight excluding hydrogens is 254 g/mol. The van der Waals surface area contributed by atoms with Gasteiger partial charge in [0.1, 0.15) is 0 Å². The first-order valence-corrected chi connectivity index (χ1v) is 6.37. The van der Waals surface area contributed by atoms with Crippen LogP contribution >= 0.6 is 0 Å². The summed E-state index contributed by atoms with van der Waals surface area (Å²) >= 11 is 0. The Hall–Kier alpha value is -1.56. The van der Waals surface area contributed by atoms with Gasteiger partial charge in [-0.05, 0) is 31.7 Å². The maximum atomic E-state index is 13.6. The lowest BCUT2D eigenvalue weighted by Crippen LogP contribution is -2.45. The molecule has 0 saturated heterocycles. The molecule has 104 valence electrons. The van der Waals surface area contributed by atoms with Gasteiger partial charge in [-0.3, -0.25) is 4.79 Å². The van der Waals surface area contributed by atoms with E-state index in [1.54, 1.807) is 0 Å². The summed E-state index contributed by atoms with van der Waals surface area (Å²) in [7, 11) is 0. The number of nitrogens with zero attached hydrogens (tertiary/aromatic N) is 2. The highest BCUT2D eigenvalue weighted by atomic mass is 19.2. The summed E-state index contributed by atoms with van der Waals surface area (Å²) in [5.74, 6) is -3.00. The van der Waals surface area contributed by atoms with Crippen molar-refractivity contribution in [3.8, 4) is 0 Å². The van der Waals surface area contributed by atoms with E-state index in [1.807, 2.05) is 0 Å². The molecule has 1 aliphatic rings. The zero-order chi connectivity index (χ0) is 13.8. The van der Waals surface area contributed by atoms with E-state index in [2.05, 4.69) is 4.98 Å². The number of hydrogen-bond donors (Lipinski definition) is 1. The third-order valence-electron chi connectivity index (χ3n) is 3.41. The number of aliphatic hydroxyl groups excluding tert-OH is 1. The van der Waals surface area contributed by atoms with Crippen LogP contribution in [0.25, 0.3) is 0 Å². The molecule has 1 amide bonds. The van der Waals surface area contributed by atoms with Crippen LogP contribution in [0.5, 0.6) is 0 Å². The highest BCUT2D eigenvalue weighted by Gasteiger charge is 2.30. The fourth-order valence-electron chi connectivity index (χ4n) is 2.13. The van der Waals surface area contributed by atoms with E-state index in [0.717, 1.165) is 25.5 Å². The number of pyridine rings is 1. The van der Waals surface area contributed by atoms with Crippen molar-refractivity contribution < 1.29 is 18.7 Å². The second-order valence-corrected chi connectivity index (χ2v) is 4.62. The van der Waals surface area contributed by atoms with Gasteiger partial charge in [0, 0.05) is 25.4 Å². The molecule has 0 aromatic carbocycles. The summed E-state index contributed by atoms with van der Waals surface area (Å²) in [5, 5.41) is 8.86. The molecule has 1 N–H and O–H groups in total. The fraction of sp³-hybridized carbons (Fsp3) is 0.538. The first-order chi connectivity index (χ1) is 9.15. The SMILES string of the molecule is O=C(c1ccnc(F)c1F)N(CCCO)C1CCC1. The van der Waals surface area contributed by atoms with E-state index in [-0.39, 0.29) is 18.2 Å². The smallest absolute Gasteiger partial charge is 0.257 e. The molecule has 0 spiro atoms. The Balaban J connectivity index is 2.20. The molecule has 0 atom stereocenters. The van der Waals surface area contributed by atoms with Gasteiger partial charge in [0.2, 0.25) is 5.95 Å². The zero-order valence-corrected chi connectivity index (χ0v) is 10.5. The summed E-state index contributed by atoms with van der Waals surface area (Å²) in [4.78, 5) is 17.0.